The number of anilines is 3. The smallest absolute Gasteiger partial charge is 0.260 e. The molecular formula is C35H40ClN7O5. The molecule has 12 nitrogen and oxygen atoms in total. The number of carbonyl (C=O) groups is 1. The summed E-state index contributed by atoms with van der Waals surface area (Å²) in [5, 5.41) is 4.22. The molecule has 2 fully saturated rings. The first-order valence-electron chi connectivity index (χ1n) is 15.9. The van der Waals surface area contributed by atoms with Gasteiger partial charge in [0.25, 0.3) is 5.56 Å². The van der Waals surface area contributed by atoms with Gasteiger partial charge < -0.3 is 34.2 Å². The molecule has 252 valence electrons. The zero-order valence-corrected chi connectivity index (χ0v) is 28.2. The highest BCUT2D eigenvalue weighted by Crippen LogP contribution is 2.38. The number of pyridine rings is 1. The van der Waals surface area contributed by atoms with Crippen molar-refractivity contribution in [2.24, 2.45) is 0 Å². The van der Waals surface area contributed by atoms with Crippen molar-refractivity contribution >= 4 is 45.9 Å². The van der Waals surface area contributed by atoms with Crippen LogP contribution in [0.4, 0.5) is 17.3 Å². The van der Waals surface area contributed by atoms with Gasteiger partial charge in [0.15, 0.2) is 0 Å². The van der Waals surface area contributed by atoms with Gasteiger partial charge in [0.1, 0.15) is 17.1 Å². The Bertz CT molecular complexity index is 1860. The zero-order valence-electron chi connectivity index (χ0n) is 27.4. The third-order valence-corrected chi connectivity index (χ3v) is 9.27. The molecule has 0 radical (unpaired) electrons. The first kappa shape index (κ1) is 33.3. The monoisotopic (exact) mass is 673 g/mol. The number of benzene rings is 2. The first-order valence-corrected chi connectivity index (χ1v) is 16.3. The van der Waals surface area contributed by atoms with Crippen LogP contribution in [0, 0.1) is 0 Å². The highest BCUT2D eigenvalue weighted by Gasteiger charge is 2.26. The van der Waals surface area contributed by atoms with E-state index in [4.69, 9.17) is 30.8 Å². The van der Waals surface area contributed by atoms with E-state index >= 15 is 0 Å². The summed E-state index contributed by atoms with van der Waals surface area (Å²) in [4.78, 5) is 42.1. The van der Waals surface area contributed by atoms with Gasteiger partial charge in [0.05, 0.1) is 38.5 Å². The number of rotatable bonds is 11. The Morgan fingerprint density at radius 2 is 1.83 bits per heavy atom. The molecule has 2 saturated heterocycles. The number of nitrogens with one attached hydrogen (secondary N) is 1. The molecule has 4 heterocycles. The van der Waals surface area contributed by atoms with Crippen molar-refractivity contribution < 1.29 is 19.0 Å². The molecule has 1 atom stereocenters. The number of methoxy groups -OCH3 is 2. The SMILES string of the molecule is C=CC(=O)N1CCC(OCCn2c(=O)c(-c3cc(OC)cc(OC)c3Cl)cc3cnc(Nc4ccc(N5CCN(C)CC5)cc4)nc32)C1. The van der Waals surface area contributed by atoms with E-state index < -0.39 is 0 Å². The number of likely N-dealkylation sites (tertiary alicyclic amines) is 1. The number of ether oxygens (including phenoxy) is 3. The largest absolute Gasteiger partial charge is 0.497 e. The lowest BCUT2D eigenvalue weighted by molar-refractivity contribution is -0.125. The van der Waals surface area contributed by atoms with Gasteiger partial charge in [0.2, 0.25) is 11.9 Å². The molecule has 1 amide bonds. The number of hydrogen-bond acceptors (Lipinski definition) is 10. The third-order valence-electron chi connectivity index (χ3n) is 8.88. The van der Waals surface area contributed by atoms with Gasteiger partial charge >= 0.3 is 0 Å². The van der Waals surface area contributed by atoms with Crippen molar-refractivity contribution in [1.29, 1.82) is 0 Å². The maximum atomic E-state index is 14.2. The van der Waals surface area contributed by atoms with E-state index in [0.29, 0.717) is 59.1 Å². The fourth-order valence-corrected chi connectivity index (χ4v) is 6.40. The van der Waals surface area contributed by atoms with Crippen LogP contribution < -0.4 is 25.2 Å². The van der Waals surface area contributed by atoms with Gasteiger partial charge in [-0.15, -0.1) is 0 Å². The molecular weight excluding hydrogens is 634 g/mol. The molecule has 13 heteroatoms. The first-order chi connectivity index (χ1) is 23.3. The predicted molar refractivity (Wildman–Crippen MR) is 188 cm³/mol. The Kier molecular flexibility index (Phi) is 10.1. The molecule has 1 unspecified atom stereocenters. The molecule has 0 bridgehead atoms. The second-order valence-corrected chi connectivity index (χ2v) is 12.3. The van der Waals surface area contributed by atoms with E-state index in [2.05, 4.69) is 45.9 Å². The van der Waals surface area contributed by atoms with Crippen molar-refractivity contribution in [2.75, 3.05) is 77.4 Å². The quantitative estimate of drug-likeness (QED) is 0.230. The minimum absolute atomic E-state index is 0.118. The number of aromatic nitrogens is 3. The van der Waals surface area contributed by atoms with Gasteiger partial charge in [-0.3, -0.25) is 14.2 Å². The maximum absolute atomic E-state index is 14.2. The molecule has 0 saturated carbocycles. The molecule has 4 aromatic rings. The van der Waals surface area contributed by atoms with Gasteiger partial charge in [-0.2, -0.15) is 4.98 Å². The van der Waals surface area contributed by atoms with E-state index in [0.717, 1.165) is 31.9 Å². The minimum atomic E-state index is -0.306. The van der Waals surface area contributed by atoms with Crippen LogP contribution in [0.25, 0.3) is 22.2 Å². The predicted octanol–water partition coefficient (Wildman–Crippen LogP) is 4.43. The minimum Gasteiger partial charge on any atom is -0.497 e. The van der Waals surface area contributed by atoms with Crippen LogP contribution in [0.2, 0.25) is 5.02 Å². The summed E-state index contributed by atoms with van der Waals surface area (Å²) in [5.74, 6) is 1.11. The van der Waals surface area contributed by atoms with Crippen molar-refractivity contribution in [3.05, 3.63) is 76.7 Å². The summed E-state index contributed by atoms with van der Waals surface area (Å²) in [5.41, 5.74) is 2.94. The third kappa shape index (κ3) is 7.10. The van der Waals surface area contributed by atoms with Crippen LogP contribution in [0.5, 0.6) is 11.5 Å². The number of halogens is 1. The van der Waals surface area contributed by atoms with E-state index in [-0.39, 0.29) is 35.7 Å². The van der Waals surface area contributed by atoms with Gasteiger partial charge in [-0.1, -0.05) is 18.2 Å². The lowest BCUT2D eigenvalue weighted by atomic mass is 10.0. The molecule has 0 spiro atoms. The lowest BCUT2D eigenvalue weighted by Gasteiger charge is -2.34. The summed E-state index contributed by atoms with van der Waals surface area (Å²) >= 11 is 6.73. The van der Waals surface area contributed by atoms with Crippen LogP contribution in [-0.4, -0.2) is 103 Å². The number of likely N-dealkylation sites (N-methyl/N-ethyl adjacent to an activating group) is 1. The van der Waals surface area contributed by atoms with Gasteiger partial charge in [-0.05, 0) is 55.9 Å². The van der Waals surface area contributed by atoms with E-state index in [9.17, 15) is 9.59 Å². The van der Waals surface area contributed by atoms with E-state index in [1.54, 1.807) is 33.9 Å². The van der Waals surface area contributed by atoms with Crippen molar-refractivity contribution in [1.82, 2.24) is 24.3 Å². The molecule has 2 aliphatic heterocycles. The number of hydrogen-bond donors (Lipinski definition) is 1. The van der Waals surface area contributed by atoms with Crippen molar-refractivity contribution in [3.8, 4) is 22.6 Å². The average molecular weight is 674 g/mol. The second-order valence-electron chi connectivity index (χ2n) is 11.9. The van der Waals surface area contributed by atoms with Crippen molar-refractivity contribution in [2.45, 2.75) is 19.1 Å². The Morgan fingerprint density at radius 3 is 2.54 bits per heavy atom. The van der Waals surface area contributed by atoms with Crippen LogP contribution >= 0.6 is 11.6 Å². The van der Waals surface area contributed by atoms with Crippen molar-refractivity contribution in [3.63, 3.8) is 0 Å². The molecule has 2 aromatic carbocycles. The molecule has 48 heavy (non-hydrogen) atoms. The second kappa shape index (κ2) is 14.6. The molecule has 6 rings (SSSR count). The number of nitrogens with zero attached hydrogens (tertiary/aromatic N) is 6. The fraction of sp³-hybridized carbons (Fsp3) is 0.371. The standard InChI is InChI=1S/C35H40ClN7O5/c1-5-31(44)42-11-10-26(22-42)48-17-16-43-33-23(18-29(34(43)45)28-19-27(46-3)20-30(47-4)32(28)36)21-37-35(39-33)38-24-6-8-25(9-7-24)41-14-12-40(2)13-15-41/h5-9,18-21,26H,1,10-17,22H2,2-4H3,(H,37,38,39). The number of carbonyl (C=O) groups excluding carboxylic acids is 1. The highest BCUT2D eigenvalue weighted by atomic mass is 35.5. The van der Waals surface area contributed by atoms with Crippen LogP contribution in [0.3, 0.4) is 0 Å². The fourth-order valence-electron chi connectivity index (χ4n) is 6.11. The Balaban J connectivity index is 1.31. The zero-order chi connectivity index (χ0) is 33.8. The Labute approximate surface area is 284 Å². The highest BCUT2D eigenvalue weighted by molar-refractivity contribution is 6.35. The maximum Gasteiger partial charge on any atom is 0.260 e. The summed E-state index contributed by atoms with van der Waals surface area (Å²) in [7, 11) is 5.19. The van der Waals surface area contributed by atoms with Gasteiger partial charge in [-0.25, -0.2) is 4.98 Å². The van der Waals surface area contributed by atoms with Crippen LogP contribution in [-0.2, 0) is 16.1 Å². The Morgan fingerprint density at radius 1 is 1.06 bits per heavy atom. The number of piperazine rings is 1. The number of amides is 1. The number of fused-ring (bicyclic) bond motifs is 1. The summed E-state index contributed by atoms with van der Waals surface area (Å²) in [6, 6.07) is 13.3. The average Bonchev–Trinajstić information content (AvgIpc) is 3.59. The summed E-state index contributed by atoms with van der Waals surface area (Å²) < 4.78 is 18.7. The van der Waals surface area contributed by atoms with E-state index in [1.807, 2.05) is 12.1 Å². The van der Waals surface area contributed by atoms with Crippen LogP contribution in [0.1, 0.15) is 6.42 Å². The normalized spacial score (nSPS) is 16.7. The molecule has 1 N–H and O–H groups in total. The Hall–Kier alpha value is -4.65. The summed E-state index contributed by atoms with van der Waals surface area (Å²) in [6.45, 7) is 9.13. The lowest BCUT2D eigenvalue weighted by Crippen LogP contribution is -2.44. The van der Waals surface area contributed by atoms with Crippen LogP contribution in [0.15, 0.2) is 66.1 Å². The summed E-state index contributed by atoms with van der Waals surface area (Å²) in [6.07, 6.45) is 3.56. The van der Waals surface area contributed by atoms with Gasteiger partial charge in [0, 0.05) is 79.4 Å². The molecule has 0 aliphatic carbocycles. The topological polar surface area (TPSA) is 114 Å². The van der Waals surface area contributed by atoms with E-state index in [1.165, 1.54) is 26.0 Å². The molecule has 2 aromatic heterocycles. The molecule has 2 aliphatic rings.